The second-order valence-electron chi connectivity index (χ2n) is 19.6. The minimum absolute atomic E-state index is 0.0848. The number of imide groups is 2. The van der Waals surface area contributed by atoms with Crippen LogP contribution >= 0.6 is 0 Å². The van der Waals surface area contributed by atoms with Crippen LogP contribution in [-0.4, -0.2) is 124 Å². The number of nitrogens with one attached hydrogen (secondary N) is 1. The molecule has 2 unspecified atom stereocenters. The van der Waals surface area contributed by atoms with E-state index in [-0.39, 0.29) is 59.7 Å². The Morgan fingerprint density at radius 2 is 1.59 bits per heavy atom. The van der Waals surface area contributed by atoms with Crippen molar-refractivity contribution in [2.75, 3.05) is 55.6 Å². The van der Waals surface area contributed by atoms with E-state index in [1.807, 2.05) is 17.2 Å². The summed E-state index contributed by atoms with van der Waals surface area (Å²) in [6.07, 6.45) is 15.3. The number of carbonyl (C=O) groups excluding carboxylic acids is 6. The summed E-state index contributed by atoms with van der Waals surface area (Å²) >= 11 is 0. The highest BCUT2D eigenvalue weighted by atomic mass is 16.5. The summed E-state index contributed by atoms with van der Waals surface area (Å²) in [4.78, 5) is 87.3. The van der Waals surface area contributed by atoms with Gasteiger partial charge in [0.2, 0.25) is 23.6 Å². The molecule has 1 aromatic heterocycles. The van der Waals surface area contributed by atoms with Gasteiger partial charge in [-0.05, 0) is 114 Å². The molecule has 15 nitrogen and oxygen atoms in total. The zero-order valence-corrected chi connectivity index (χ0v) is 36.1. The zero-order valence-electron chi connectivity index (χ0n) is 36.1. The fraction of sp³-hybridized carbons (Fsp3) is 0.562. The van der Waals surface area contributed by atoms with Crippen molar-refractivity contribution in [3.8, 4) is 16.9 Å². The molecule has 2 aliphatic carbocycles. The van der Waals surface area contributed by atoms with Gasteiger partial charge in [-0.3, -0.25) is 48.6 Å². The lowest BCUT2D eigenvalue weighted by atomic mass is 9.71. The van der Waals surface area contributed by atoms with Gasteiger partial charge in [-0.2, -0.15) is 5.10 Å². The lowest BCUT2D eigenvalue weighted by Crippen LogP contribution is -2.61. The number of nitrogens with zero attached hydrogens (tertiary/aromatic N) is 7. The molecule has 0 bridgehead atoms. The summed E-state index contributed by atoms with van der Waals surface area (Å²) in [7, 11) is 0. The molecule has 63 heavy (non-hydrogen) atoms. The molecule has 15 heteroatoms. The van der Waals surface area contributed by atoms with E-state index in [1.54, 1.807) is 12.1 Å². The van der Waals surface area contributed by atoms with Gasteiger partial charge in [0.25, 0.3) is 11.8 Å². The van der Waals surface area contributed by atoms with Crippen LogP contribution in [0.25, 0.3) is 11.1 Å². The summed E-state index contributed by atoms with van der Waals surface area (Å²) < 4.78 is 8.87. The fourth-order valence-electron chi connectivity index (χ4n) is 11.1. The van der Waals surface area contributed by atoms with Crippen LogP contribution < -0.4 is 19.9 Å². The van der Waals surface area contributed by atoms with Crippen molar-refractivity contribution in [1.29, 1.82) is 0 Å². The van der Waals surface area contributed by atoms with Crippen LogP contribution in [-0.2, 0) is 25.6 Å². The first kappa shape index (κ1) is 40.2. The predicted molar refractivity (Wildman–Crippen MR) is 232 cm³/mol. The molecule has 2 saturated carbocycles. The van der Waals surface area contributed by atoms with E-state index in [9.17, 15) is 28.8 Å². The normalized spacial score (nSPS) is 25.2. The van der Waals surface area contributed by atoms with Gasteiger partial charge in [0.05, 0.1) is 41.7 Å². The fourth-order valence-corrected chi connectivity index (χ4v) is 11.1. The lowest BCUT2D eigenvalue weighted by Gasteiger charge is -2.55. The number of amides is 6. The van der Waals surface area contributed by atoms with Crippen molar-refractivity contribution in [2.45, 2.75) is 115 Å². The van der Waals surface area contributed by atoms with E-state index in [1.165, 1.54) is 6.42 Å². The van der Waals surface area contributed by atoms with Crippen LogP contribution in [0, 0.1) is 11.3 Å². The maximum Gasteiger partial charge on any atom is 0.262 e. The van der Waals surface area contributed by atoms with Crippen LogP contribution in [0.1, 0.15) is 116 Å². The van der Waals surface area contributed by atoms with Gasteiger partial charge >= 0.3 is 0 Å². The van der Waals surface area contributed by atoms with E-state index in [2.05, 4.69) is 50.0 Å². The molecule has 1 spiro atoms. The molecule has 0 radical (unpaired) electrons. The first-order valence-corrected chi connectivity index (χ1v) is 23.3. The third-order valence-electron chi connectivity index (χ3n) is 15.5. The average molecular weight is 857 g/mol. The van der Waals surface area contributed by atoms with E-state index in [0.717, 1.165) is 142 Å². The van der Waals surface area contributed by atoms with Crippen molar-refractivity contribution in [2.24, 2.45) is 11.3 Å². The Hall–Kier alpha value is -5.57. The standard InChI is InChI=1S/C48H56N8O7/c1-29-5-9-37-39(55(29)45(60)30-6-7-30)12-11-35(43(37)63-34-3-2-4-34)31-24-49-54(25-31)32-15-19-51(20-16-32)26-42(58)52-21-17-48(18-22-52)27-53(28-48)33-8-10-36-38(23-33)47(62)56(46(36)61)40-13-14-41(57)50-44(40)59/h8,10-12,23-25,29-30,32,34,40H,2-7,9,13-22,26-28H2,1H3,(H,50,57,59). The number of likely N-dealkylation sites (tertiary alicyclic amines) is 2. The smallest absolute Gasteiger partial charge is 0.262 e. The second-order valence-corrected chi connectivity index (χ2v) is 19.6. The first-order chi connectivity index (χ1) is 30.5. The molecule has 2 aromatic carbocycles. The molecule has 6 fully saturated rings. The molecule has 4 saturated heterocycles. The maximum atomic E-state index is 13.6. The van der Waals surface area contributed by atoms with Crippen LogP contribution in [0.2, 0.25) is 0 Å². The highest BCUT2D eigenvalue weighted by molar-refractivity contribution is 6.23. The highest BCUT2D eigenvalue weighted by Crippen LogP contribution is 2.47. The predicted octanol–water partition coefficient (Wildman–Crippen LogP) is 4.73. The Labute approximate surface area is 367 Å². The van der Waals surface area contributed by atoms with Gasteiger partial charge in [0.15, 0.2) is 0 Å². The number of ether oxygens (including phenoxy) is 1. The van der Waals surface area contributed by atoms with Crippen LogP contribution in [0.3, 0.4) is 0 Å². The Bertz CT molecular complexity index is 2400. The van der Waals surface area contributed by atoms with Gasteiger partial charge in [-0.25, -0.2) is 0 Å². The van der Waals surface area contributed by atoms with Crippen molar-refractivity contribution in [1.82, 2.24) is 29.8 Å². The van der Waals surface area contributed by atoms with Crippen molar-refractivity contribution in [3.63, 3.8) is 0 Å². The van der Waals surface area contributed by atoms with Crippen LogP contribution in [0.15, 0.2) is 42.7 Å². The summed E-state index contributed by atoms with van der Waals surface area (Å²) in [6, 6.07) is 9.01. The molecule has 6 aliphatic heterocycles. The van der Waals surface area contributed by atoms with Crippen LogP contribution in [0.4, 0.5) is 11.4 Å². The minimum Gasteiger partial charge on any atom is -0.489 e. The molecule has 7 heterocycles. The van der Waals surface area contributed by atoms with E-state index in [4.69, 9.17) is 9.84 Å². The zero-order chi connectivity index (χ0) is 43.1. The van der Waals surface area contributed by atoms with Gasteiger partial charge < -0.3 is 19.4 Å². The molecule has 6 amide bonds. The highest BCUT2D eigenvalue weighted by Gasteiger charge is 2.48. The van der Waals surface area contributed by atoms with E-state index >= 15 is 0 Å². The Morgan fingerprint density at radius 1 is 0.841 bits per heavy atom. The van der Waals surface area contributed by atoms with Crippen molar-refractivity contribution < 1.29 is 33.5 Å². The summed E-state index contributed by atoms with van der Waals surface area (Å²) in [5.41, 5.74) is 5.82. The number of aromatic nitrogens is 2. The van der Waals surface area contributed by atoms with Crippen molar-refractivity contribution >= 4 is 46.8 Å². The monoisotopic (exact) mass is 856 g/mol. The largest absolute Gasteiger partial charge is 0.489 e. The number of fused-ring (bicyclic) bond motifs is 2. The number of hydrogen-bond donors (Lipinski definition) is 1. The maximum absolute atomic E-state index is 13.6. The molecular weight excluding hydrogens is 801 g/mol. The minimum atomic E-state index is -0.984. The van der Waals surface area contributed by atoms with Gasteiger partial charge in [-0.15, -0.1) is 0 Å². The Morgan fingerprint density at radius 3 is 2.30 bits per heavy atom. The van der Waals surface area contributed by atoms with Crippen LogP contribution in [0.5, 0.6) is 5.75 Å². The van der Waals surface area contributed by atoms with Crippen molar-refractivity contribution in [3.05, 3.63) is 59.4 Å². The SMILES string of the molecule is CC1CCc2c(ccc(-c3cnn(C4CCN(CC(=O)N5CCC6(CC5)CN(c5ccc7c(c5)C(=O)N(C5CCC(=O)NC5=O)C7=O)C6)CC4)c3)c2OC2CCC2)N1C(=O)C1CC1. The Balaban J connectivity index is 0.673. The van der Waals surface area contributed by atoms with E-state index < -0.39 is 29.7 Å². The number of benzene rings is 2. The van der Waals surface area contributed by atoms with Gasteiger partial charge in [0, 0.05) is 91.6 Å². The third kappa shape index (κ3) is 7.20. The number of anilines is 2. The molecule has 1 N–H and O–H groups in total. The molecule has 3 aromatic rings. The quantitative estimate of drug-likeness (QED) is 0.299. The molecule has 330 valence electrons. The van der Waals surface area contributed by atoms with Gasteiger partial charge in [0.1, 0.15) is 11.8 Å². The number of hydrogen-bond acceptors (Lipinski definition) is 10. The third-order valence-corrected chi connectivity index (χ3v) is 15.5. The number of carbonyl (C=O) groups is 6. The Kier molecular flexibility index (Phi) is 9.96. The number of piperidine rings is 3. The topological polar surface area (TPSA) is 158 Å². The summed E-state index contributed by atoms with van der Waals surface area (Å²) in [5.74, 6) is -0.469. The second kappa shape index (κ2) is 15.6. The number of rotatable bonds is 9. The molecular formula is C48H56N8O7. The molecule has 11 rings (SSSR count). The first-order valence-electron chi connectivity index (χ1n) is 23.3. The average Bonchev–Trinajstić information content (AvgIpc) is 3.95. The van der Waals surface area contributed by atoms with E-state index in [0.29, 0.717) is 12.1 Å². The van der Waals surface area contributed by atoms with Gasteiger partial charge in [-0.1, -0.05) is 0 Å². The lowest BCUT2D eigenvalue weighted by molar-refractivity contribution is -0.137. The molecule has 2 atom stereocenters. The summed E-state index contributed by atoms with van der Waals surface area (Å²) in [6.45, 7) is 7.32. The summed E-state index contributed by atoms with van der Waals surface area (Å²) in [5, 5.41) is 7.12. The molecule has 8 aliphatic rings.